The number of halogens is 3. The van der Waals surface area contributed by atoms with Crippen molar-refractivity contribution in [2.24, 2.45) is 0 Å². The van der Waals surface area contributed by atoms with Crippen molar-refractivity contribution in [3.63, 3.8) is 0 Å². The van der Waals surface area contributed by atoms with E-state index in [1.165, 1.54) is 24.0 Å². The lowest BCUT2D eigenvalue weighted by atomic mass is 10.1. The molecule has 1 amide bonds. The number of aromatic nitrogens is 1. The van der Waals surface area contributed by atoms with Gasteiger partial charge in [0.1, 0.15) is 21.9 Å². The van der Waals surface area contributed by atoms with Crippen molar-refractivity contribution >= 4 is 38.6 Å². The van der Waals surface area contributed by atoms with Crippen LogP contribution in [0, 0.1) is 6.92 Å². The first kappa shape index (κ1) is 22.4. The fraction of sp³-hybridized carbons (Fsp3) is 0.261. The molecular formula is C23H17F3N2O5S. The van der Waals surface area contributed by atoms with Crippen LogP contribution in [0.2, 0.25) is 0 Å². The second-order valence-corrected chi connectivity index (χ2v) is 8.68. The Hall–Kier alpha value is -3.44. The minimum absolute atomic E-state index is 0.00741. The third-order valence-corrected chi connectivity index (χ3v) is 6.54. The van der Waals surface area contributed by atoms with E-state index in [-0.39, 0.29) is 27.3 Å². The highest BCUT2D eigenvalue weighted by Crippen LogP contribution is 2.41. The van der Waals surface area contributed by atoms with Gasteiger partial charge in [-0.15, -0.1) is 11.3 Å². The second-order valence-electron chi connectivity index (χ2n) is 7.65. The van der Waals surface area contributed by atoms with Crippen molar-refractivity contribution in [1.29, 1.82) is 0 Å². The van der Waals surface area contributed by atoms with Gasteiger partial charge in [0.25, 0.3) is 0 Å². The number of aryl methyl sites for hydroxylation is 1. The summed E-state index contributed by atoms with van der Waals surface area (Å²) in [7, 11) is 0. The zero-order valence-electron chi connectivity index (χ0n) is 17.8. The molecule has 7 nitrogen and oxygen atoms in total. The molecule has 0 radical (unpaired) electrons. The number of alkyl halides is 3. The molecule has 2 aromatic heterocycles. The molecule has 5 rings (SSSR count). The van der Waals surface area contributed by atoms with Crippen molar-refractivity contribution < 1.29 is 31.9 Å². The van der Waals surface area contributed by atoms with Crippen molar-refractivity contribution in [2.75, 3.05) is 26.3 Å². The fourth-order valence-electron chi connectivity index (χ4n) is 3.76. The van der Waals surface area contributed by atoms with Crippen LogP contribution in [0.1, 0.15) is 11.3 Å². The van der Waals surface area contributed by atoms with Gasteiger partial charge in [-0.25, -0.2) is 9.78 Å². The Bertz CT molecular complexity index is 1440. The van der Waals surface area contributed by atoms with Crippen molar-refractivity contribution in [2.45, 2.75) is 13.1 Å². The molecule has 34 heavy (non-hydrogen) atoms. The molecule has 0 N–H and O–H groups in total. The number of rotatable bonds is 2. The summed E-state index contributed by atoms with van der Waals surface area (Å²) in [5.74, 6) is -1.43. The molecule has 0 spiro atoms. The molecule has 176 valence electrons. The Labute approximate surface area is 194 Å². The molecule has 2 aromatic carbocycles. The van der Waals surface area contributed by atoms with Crippen molar-refractivity contribution in [3.05, 3.63) is 57.9 Å². The van der Waals surface area contributed by atoms with Crippen LogP contribution >= 0.6 is 11.3 Å². The van der Waals surface area contributed by atoms with Crippen LogP contribution in [0.5, 0.6) is 5.75 Å². The molecule has 4 aromatic rings. The van der Waals surface area contributed by atoms with E-state index in [2.05, 4.69) is 4.98 Å². The maximum Gasteiger partial charge on any atom is 0.450 e. The number of benzene rings is 2. The third-order valence-electron chi connectivity index (χ3n) is 5.49. The van der Waals surface area contributed by atoms with E-state index in [4.69, 9.17) is 13.9 Å². The number of carbonyl (C=O) groups is 1. The van der Waals surface area contributed by atoms with Gasteiger partial charge in [-0.05, 0) is 31.2 Å². The Morgan fingerprint density at radius 3 is 2.59 bits per heavy atom. The summed E-state index contributed by atoms with van der Waals surface area (Å²) in [6.07, 6.45) is -5.61. The number of ether oxygens (including phenoxy) is 2. The number of amides is 1. The Balaban J connectivity index is 1.65. The average molecular weight is 490 g/mol. The first-order valence-corrected chi connectivity index (χ1v) is 11.1. The van der Waals surface area contributed by atoms with E-state index in [0.29, 0.717) is 36.5 Å². The van der Waals surface area contributed by atoms with Gasteiger partial charge in [-0.1, -0.05) is 12.1 Å². The standard InChI is InChI=1S/C23H17F3N2O5S/c1-12-15(32-22(30)28-8-10-31-11-9-28)7-6-13-18(29)17(20(23(24,25)26)33-19(12)13)21-27-14-4-2-3-5-16(14)34-21/h2-7H,8-11H2,1H3. The highest BCUT2D eigenvalue weighted by Gasteiger charge is 2.40. The molecule has 3 heterocycles. The molecule has 0 unspecified atom stereocenters. The van der Waals surface area contributed by atoms with Gasteiger partial charge in [0, 0.05) is 18.7 Å². The number of fused-ring (bicyclic) bond motifs is 2. The van der Waals surface area contributed by atoms with Gasteiger partial charge in [-0.2, -0.15) is 13.2 Å². The summed E-state index contributed by atoms with van der Waals surface area (Å²) in [5, 5.41) is -0.143. The number of morpholine rings is 1. The highest BCUT2D eigenvalue weighted by atomic mass is 32.1. The van der Waals surface area contributed by atoms with Crippen LogP contribution < -0.4 is 10.2 Å². The van der Waals surface area contributed by atoms with Gasteiger partial charge in [0.05, 0.1) is 28.8 Å². The first-order valence-electron chi connectivity index (χ1n) is 10.3. The maximum absolute atomic E-state index is 14.0. The highest BCUT2D eigenvalue weighted by molar-refractivity contribution is 7.21. The normalized spacial score (nSPS) is 14.6. The molecule has 0 atom stereocenters. The minimum atomic E-state index is -4.95. The maximum atomic E-state index is 14.0. The molecule has 0 aliphatic carbocycles. The topological polar surface area (TPSA) is 81.9 Å². The molecule has 1 aliphatic heterocycles. The summed E-state index contributed by atoms with van der Waals surface area (Å²) < 4.78 is 58.6. The zero-order valence-corrected chi connectivity index (χ0v) is 18.6. The quantitative estimate of drug-likeness (QED) is 0.383. The van der Waals surface area contributed by atoms with E-state index >= 15 is 0 Å². The van der Waals surface area contributed by atoms with Crippen molar-refractivity contribution in [3.8, 4) is 16.3 Å². The molecule has 0 saturated carbocycles. The SMILES string of the molecule is Cc1c(OC(=O)N2CCOCC2)ccc2c(=O)c(-c3nc4ccccc4s3)c(C(F)(F)F)oc12. The van der Waals surface area contributed by atoms with Gasteiger partial charge in [-0.3, -0.25) is 4.79 Å². The number of para-hydroxylation sites is 1. The summed E-state index contributed by atoms with van der Waals surface area (Å²) in [6.45, 7) is 2.84. The molecule has 1 fully saturated rings. The van der Waals surface area contributed by atoms with E-state index in [1.54, 1.807) is 24.3 Å². The molecule has 11 heteroatoms. The van der Waals surface area contributed by atoms with Crippen LogP contribution in [-0.4, -0.2) is 42.3 Å². The molecular weight excluding hydrogens is 473 g/mol. The van der Waals surface area contributed by atoms with Gasteiger partial charge in [0.2, 0.25) is 11.2 Å². The van der Waals surface area contributed by atoms with E-state index in [0.717, 1.165) is 11.3 Å². The Kier molecular flexibility index (Phi) is 5.53. The third kappa shape index (κ3) is 3.90. The summed E-state index contributed by atoms with van der Waals surface area (Å²) in [4.78, 5) is 31.4. The average Bonchev–Trinajstić information content (AvgIpc) is 3.24. The lowest BCUT2D eigenvalue weighted by molar-refractivity contribution is -0.152. The van der Waals surface area contributed by atoms with E-state index in [1.807, 2.05) is 0 Å². The lowest BCUT2D eigenvalue weighted by Gasteiger charge is -2.26. The predicted molar refractivity (Wildman–Crippen MR) is 119 cm³/mol. The van der Waals surface area contributed by atoms with Gasteiger partial charge >= 0.3 is 12.3 Å². The lowest BCUT2D eigenvalue weighted by Crippen LogP contribution is -2.42. The smallest absolute Gasteiger partial charge is 0.450 e. The summed E-state index contributed by atoms with van der Waals surface area (Å²) in [6, 6.07) is 9.50. The Morgan fingerprint density at radius 2 is 1.88 bits per heavy atom. The number of thiazole rings is 1. The molecule has 1 aliphatic rings. The molecule has 1 saturated heterocycles. The van der Waals surface area contributed by atoms with Gasteiger partial charge < -0.3 is 18.8 Å². The largest absolute Gasteiger partial charge is 0.450 e. The second kappa shape index (κ2) is 8.41. The fourth-order valence-corrected chi connectivity index (χ4v) is 4.77. The number of carbonyl (C=O) groups excluding carboxylic acids is 1. The van der Waals surface area contributed by atoms with Crippen LogP contribution in [0.15, 0.2) is 45.6 Å². The van der Waals surface area contributed by atoms with Crippen LogP contribution in [-0.2, 0) is 10.9 Å². The molecule has 0 bridgehead atoms. The van der Waals surface area contributed by atoms with Crippen LogP contribution in [0.25, 0.3) is 31.8 Å². The number of hydrogen-bond donors (Lipinski definition) is 0. The number of nitrogens with zero attached hydrogens (tertiary/aromatic N) is 2. The zero-order chi connectivity index (χ0) is 24.0. The van der Waals surface area contributed by atoms with Crippen LogP contribution in [0.3, 0.4) is 0 Å². The van der Waals surface area contributed by atoms with Crippen LogP contribution in [0.4, 0.5) is 18.0 Å². The first-order chi connectivity index (χ1) is 16.2. The minimum Gasteiger partial charge on any atom is -0.450 e. The van der Waals surface area contributed by atoms with E-state index in [9.17, 15) is 22.8 Å². The predicted octanol–water partition coefficient (Wildman–Crippen LogP) is 5.23. The van der Waals surface area contributed by atoms with Gasteiger partial charge in [0.15, 0.2) is 0 Å². The monoisotopic (exact) mass is 490 g/mol. The Morgan fingerprint density at radius 1 is 1.15 bits per heavy atom. The van der Waals surface area contributed by atoms with E-state index < -0.39 is 29.0 Å². The number of hydrogen-bond acceptors (Lipinski definition) is 7. The summed E-state index contributed by atoms with van der Waals surface area (Å²) >= 11 is 0.979. The van der Waals surface area contributed by atoms with Crippen molar-refractivity contribution in [1.82, 2.24) is 9.88 Å². The summed E-state index contributed by atoms with van der Waals surface area (Å²) in [5.41, 5.74) is -1.20.